The van der Waals surface area contributed by atoms with E-state index in [0.29, 0.717) is 38.0 Å². The van der Waals surface area contributed by atoms with Gasteiger partial charge in [-0.25, -0.2) is 0 Å². The zero-order valence-corrected chi connectivity index (χ0v) is 13.5. The number of carbonyl (C=O) groups excluding carboxylic acids is 3. The lowest BCUT2D eigenvalue weighted by Gasteiger charge is -2.43. The summed E-state index contributed by atoms with van der Waals surface area (Å²) in [6.07, 6.45) is 1.19. The van der Waals surface area contributed by atoms with E-state index in [0.717, 1.165) is 6.54 Å². The van der Waals surface area contributed by atoms with Crippen LogP contribution < -0.4 is 16.0 Å². The molecule has 3 rings (SSSR count). The molecule has 24 heavy (non-hydrogen) atoms. The second-order valence-corrected chi connectivity index (χ2v) is 6.19. The van der Waals surface area contributed by atoms with Gasteiger partial charge in [-0.1, -0.05) is 18.2 Å². The van der Waals surface area contributed by atoms with Crippen molar-refractivity contribution in [2.75, 3.05) is 32.7 Å². The number of carbonyl (C=O) groups is 3. The predicted molar refractivity (Wildman–Crippen MR) is 88.3 cm³/mol. The quantitative estimate of drug-likeness (QED) is 0.697. The zero-order chi connectivity index (χ0) is 17.0. The lowest BCUT2D eigenvalue weighted by molar-refractivity contribution is -0.137. The van der Waals surface area contributed by atoms with Crippen LogP contribution in [0.5, 0.6) is 0 Å². The van der Waals surface area contributed by atoms with Crippen molar-refractivity contribution in [2.24, 2.45) is 0 Å². The summed E-state index contributed by atoms with van der Waals surface area (Å²) in [6, 6.07) is 8.81. The Hall–Kier alpha value is -2.41. The lowest BCUT2D eigenvalue weighted by atomic mass is 9.85. The molecule has 0 aromatic heterocycles. The monoisotopic (exact) mass is 330 g/mol. The fraction of sp³-hybridized carbons (Fsp3) is 0.471. The van der Waals surface area contributed by atoms with Gasteiger partial charge in [-0.15, -0.1) is 0 Å². The number of hydrogen-bond acceptors (Lipinski definition) is 4. The van der Waals surface area contributed by atoms with Crippen LogP contribution in [-0.2, 0) is 9.59 Å². The van der Waals surface area contributed by atoms with Gasteiger partial charge in [0, 0.05) is 31.7 Å². The summed E-state index contributed by atoms with van der Waals surface area (Å²) in [7, 11) is 0. The van der Waals surface area contributed by atoms with Crippen molar-refractivity contribution >= 4 is 17.7 Å². The van der Waals surface area contributed by atoms with Gasteiger partial charge in [-0.2, -0.15) is 0 Å². The van der Waals surface area contributed by atoms with Gasteiger partial charge in [-0.05, 0) is 25.0 Å². The van der Waals surface area contributed by atoms with E-state index < -0.39 is 5.54 Å². The molecule has 0 radical (unpaired) electrons. The van der Waals surface area contributed by atoms with Crippen LogP contribution in [0.2, 0.25) is 0 Å². The minimum absolute atomic E-state index is 0.0261. The van der Waals surface area contributed by atoms with Crippen molar-refractivity contribution < 1.29 is 14.4 Å². The summed E-state index contributed by atoms with van der Waals surface area (Å²) >= 11 is 0. The molecule has 7 heteroatoms. The second-order valence-electron chi connectivity index (χ2n) is 6.19. The van der Waals surface area contributed by atoms with Crippen molar-refractivity contribution in [3.8, 4) is 0 Å². The van der Waals surface area contributed by atoms with Crippen molar-refractivity contribution in [2.45, 2.75) is 18.4 Å². The summed E-state index contributed by atoms with van der Waals surface area (Å²) < 4.78 is 0. The average molecular weight is 330 g/mol. The highest BCUT2D eigenvalue weighted by Gasteiger charge is 2.43. The molecule has 0 atom stereocenters. The number of piperazine rings is 1. The molecule has 2 saturated heterocycles. The molecule has 3 amide bonds. The van der Waals surface area contributed by atoms with Crippen molar-refractivity contribution in [1.29, 1.82) is 0 Å². The minimum atomic E-state index is -0.539. The summed E-state index contributed by atoms with van der Waals surface area (Å²) in [5.74, 6) is -0.352. The number of nitrogens with one attached hydrogen (secondary N) is 3. The fourth-order valence-corrected chi connectivity index (χ4v) is 3.23. The number of rotatable bonds is 3. The van der Waals surface area contributed by atoms with Gasteiger partial charge in [-0.3, -0.25) is 14.4 Å². The first-order chi connectivity index (χ1) is 11.6. The van der Waals surface area contributed by atoms with Gasteiger partial charge in [0.15, 0.2) is 0 Å². The molecule has 2 aliphatic rings. The fourth-order valence-electron chi connectivity index (χ4n) is 3.23. The summed E-state index contributed by atoms with van der Waals surface area (Å²) in [6.45, 7) is 2.41. The molecule has 0 bridgehead atoms. The highest BCUT2D eigenvalue weighted by atomic mass is 16.2. The number of amides is 3. The summed E-state index contributed by atoms with van der Waals surface area (Å²) in [5.41, 5.74) is -0.00606. The molecular formula is C17H22N4O3. The number of nitrogens with zero attached hydrogens (tertiary/aromatic N) is 1. The molecule has 128 valence electrons. The molecule has 0 aliphatic carbocycles. The Balaban J connectivity index is 1.49. The van der Waals surface area contributed by atoms with Crippen LogP contribution in [0.4, 0.5) is 0 Å². The maximum absolute atomic E-state index is 12.3. The molecule has 0 saturated carbocycles. The van der Waals surface area contributed by atoms with E-state index in [9.17, 15) is 14.4 Å². The van der Waals surface area contributed by atoms with Crippen LogP contribution in [0.3, 0.4) is 0 Å². The Kier molecular flexibility index (Phi) is 4.80. The summed E-state index contributed by atoms with van der Waals surface area (Å²) in [5, 5.41) is 8.83. The van der Waals surface area contributed by atoms with Gasteiger partial charge < -0.3 is 20.9 Å². The molecule has 0 unspecified atom stereocenters. The normalized spacial score (nSPS) is 19.7. The Morgan fingerprint density at radius 3 is 2.50 bits per heavy atom. The molecular weight excluding hydrogens is 308 g/mol. The van der Waals surface area contributed by atoms with E-state index >= 15 is 0 Å². The lowest BCUT2D eigenvalue weighted by Crippen LogP contribution is -2.67. The second kappa shape index (κ2) is 7.00. The van der Waals surface area contributed by atoms with Gasteiger partial charge in [0.2, 0.25) is 11.8 Å². The third-order valence-electron chi connectivity index (χ3n) is 4.71. The molecule has 3 N–H and O–H groups in total. The van der Waals surface area contributed by atoms with Gasteiger partial charge in [0.25, 0.3) is 5.91 Å². The van der Waals surface area contributed by atoms with E-state index in [1.807, 2.05) is 6.07 Å². The highest BCUT2D eigenvalue weighted by Crippen LogP contribution is 2.24. The minimum Gasteiger partial charge on any atom is -0.353 e. The topological polar surface area (TPSA) is 90.5 Å². The smallest absolute Gasteiger partial charge is 0.251 e. The Morgan fingerprint density at radius 1 is 1.12 bits per heavy atom. The highest BCUT2D eigenvalue weighted by molar-refractivity contribution is 5.96. The number of likely N-dealkylation sites (tertiary alicyclic amines) is 1. The predicted octanol–water partition coefficient (Wildman–Crippen LogP) is -0.503. The first-order valence-corrected chi connectivity index (χ1v) is 8.25. The third-order valence-corrected chi connectivity index (χ3v) is 4.71. The molecule has 1 aromatic carbocycles. The van der Waals surface area contributed by atoms with Crippen molar-refractivity contribution in [3.63, 3.8) is 0 Å². The van der Waals surface area contributed by atoms with E-state index in [1.54, 1.807) is 29.2 Å². The van der Waals surface area contributed by atoms with Gasteiger partial charge in [0.05, 0.1) is 6.54 Å². The van der Waals surface area contributed by atoms with Gasteiger partial charge >= 0.3 is 0 Å². The van der Waals surface area contributed by atoms with E-state index in [4.69, 9.17) is 0 Å². The van der Waals surface area contributed by atoms with E-state index in [2.05, 4.69) is 16.0 Å². The maximum Gasteiger partial charge on any atom is 0.251 e. The van der Waals surface area contributed by atoms with Crippen molar-refractivity contribution in [1.82, 2.24) is 20.9 Å². The molecule has 2 aliphatic heterocycles. The van der Waals surface area contributed by atoms with E-state index in [1.165, 1.54) is 0 Å². The SMILES string of the molecule is O=C(NCC(=O)N1CCC2(CC1)NCCNC2=O)c1ccccc1. The number of benzene rings is 1. The van der Waals surface area contributed by atoms with E-state index in [-0.39, 0.29) is 24.3 Å². The summed E-state index contributed by atoms with van der Waals surface area (Å²) in [4.78, 5) is 38.0. The van der Waals surface area contributed by atoms with Crippen LogP contribution in [0.15, 0.2) is 30.3 Å². The Bertz CT molecular complexity index is 624. The van der Waals surface area contributed by atoms with Crippen LogP contribution in [-0.4, -0.2) is 60.9 Å². The van der Waals surface area contributed by atoms with Gasteiger partial charge in [0.1, 0.15) is 5.54 Å². The molecule has 1 aromatic rings. The first kappa shape index (κ1) is 16.4. The number of hydrogen-bond donors (Lipinski definition) is 3. The molecule has 2 heterocycles. The third kappa shape index (κ3) is 3.41. The van der Waals surface area contributed by atoms with Crippen LogP contribution in [0.1, 0.15) is 23.2 Å². The molecule has 7 nitrogen and oxygen atoms in total. The average Bonchev–Trinajstić information content (AvgIpc) is 2.63. The van der Waals surface area contributed by atoms with Crippen LogP contribution >= 0.6 is 0 Å². The van der Waals surface area contributed by atoms with Crippen LogP contribution in [0, 0.1) is 0 Å². The van der Waals surface area contributed by atoms with Crippen LogP contribution in [0.25, 0.3) is 0 Å². The Morgan fingerprint density at radius 2 is 1.83 bits per heavy atom. The standard InChI is InChI=1S/C17H22N4O3/c22-14(12-19-15(23)13-4-2-1-3-5-13)21-10-6-17(7-11-21)16(24)18-8-9-20-17/h1-5,20H,6-12H2,(H,18,24)(H,19,23). The number of piperidine rings is 1. The Labute approximate surface area is 140 Å². The largest absolute Gasteiger partial charge is 0.353 e. The maximum atomic E-state index is 12.3. The first-order valence-electron chi connectivity index (χ1n) is 8.25. The molecule has 2 fully saturated rings. The molecule has 1 spiro atoms. The zero-order valence-electron chi connectivity index (χ0n) is 13.5. The van der Waals surface area contributed by atoms with Crippen molar-refractivity contribution in [3.05, 3.63) is 35.9 Å².